The van der Waals surface area contributed by atoms with Gasteiger partial charge in [0.05, 0.1) is 5.56 Å². The molecular formula is C11H12F4N2S. The van der Waals surface area contributed by atoms with E-state index in [2.05, 4.69) is 10.6 Å². The first-order valence-electron chi connectivity index (χ1n) is 5.14. The first kappa shape index (κ1) is 14.7. The Morgan fingerprint density at radius 3 is 2.39 bits per heavy atom. The number of benzene rings is 1. The van der Waals surface area contributed by atoms with E-state index < -0.39 is 17.6 Å². The van der Waals surface area contributed by atoms with Gasteiger partial charge in [0.1, 0.15) is 5.82 Å². The van der Waals surface area contributed by atoms with Gasteiger partial charge in [0, 0.05) is 11.7 Å². The topological polar surface area (TPSA) is 24.1 Å². The molecule has 0 heterocycles. The van der Waals surface area contributed by atoms with Gasteiger partial charge in [-0.05, 0) is 44.3 Å². The summed E-state index contributed by atoms with van der Waals surface area (Å²) in [6.45, 7) is 3.67. The summed E-state index contributed by atoms with van der Waals surface area (Å²) in [7, 11) is 0. The average molecular weight is 280 g/mol. The maximum Gasteiger partial charge on any atom is 0.419 e. The number of hydrogen-bond acceptors (Lipinski definition) is 1. The van der Waals surface area contributed by atoms with Gasteiger partial charge in [0.2, 0.25) is 0 Å². The summed E-state index contributed by atoms with van der Waals surface area (Å²) < 4.78 is 50.4. The fourth-order valence-electron chi connectivity index (χ4n) is 1.25. The van der Waals surface area contributed by atoms with Crippen molar-refractivity contribution >= 4 is 23.0 Å². The zero-order valence-electron chi connectivity index (χ0n) is 9.73. The molecule has 0 radical (unpaired) electrons. The Labute approximate surface area is 107 Å². The maximum absolute atomic E-state index is 13.0. The number of nitrogens with one attached hydrogen (secondary N) is 2. The van der Waals surface area contributed by atoms with Crippen LogP contribution in [-0.2, 0) is 6.18 Å². The van der Waals surface area contributed by atoms with E-state index in [4.69, 9.17) is 12.2 Å². The zero-order valence-corrected chi connectivity index (χ0v) is 10.5. The first-order chi connectivity index (χ1) is 8.20. The SMILES string of the molecule is CC(C)NC(=S)Nc1ccc(F)c(C(F)(F)F)c1. The molecule has 0 saturated heterocycles. The van der Waals surface area contributed by atoms with Crippen LogP contribution < -0.4 is 10.6 Å². The Morgan fingerprint density at radius 1 is 1.28 bits per heavy atom. The molecule has 100 valence electrons. The molecule has 18 heavy (non-hydrogen) atoms. The fourth-order valence-corrected chi connectivity index (χ4v) is 1.60. The molecule has 1 rings (SSSR count). The van der Waals surface area contributed by atoms with Crippen LogP contribution >= 0.6 is 12.2 Å². The quantitative estimate of drug-likeness (QED) is 0.640. The zero-order chi connectivity index (χ0) is 13.9. The van der Waals surface area contributed by atoms with Gasteiger partial charge >= 0.3 is 6.18 Å². The number of alkyl halides is 3. The predicted molar refractivity (Wildman–Crippen MR) is 65.9 cm³/mol. The van der Waals surface area contributed by atoms with E-state index in [1.165, 1.54) is 6.07 Å². The highest BCUT2D eigenvalue weighted by Crippen LogP contribution is 2.32. The van der Waals surface area contributed by atoms with E-state index in [-0.39, 0.29) is 16.8 Å². The standard InChI is InChI=1S/C11H12F4N2S/c1-6(2)16-10(18)17-7-3-4-9(12)8(5-7)11(13,14)15/h3-6H,1-2H3,(H2,16,17,18). The molecule has 0 aliphatic heterocycles. The summed E-state index contributed by atoms with van der Waals surface area (Å²) in [5, 5.41) is 5.56. The van der Waals surface area contributed by atoms with Crippen molar-refractivity contribution in [3.05, 3.63) is 29.6 Å². The molecule has 0 saturated carbocycles. The molecule has 2 N–H and O–H groups in total. The number of anilines is 1. The summed E-state index contributed by atoms with van der Waals surface area (Å²) in [4.78, 5) is 0. The van der Waals surface area contributed by atoms with Gasteiger partial charge in [-0.2, -0.15) is 13.2 Å². The van der Waals surface area contributed by atoms with Crippen LogP contribution in [0.25, 0.3) is 0 Å². The van der Waals surface area contributed by atoms with Crippen LogP contribution in [0, 0.1) is 5.82 Å². The molecule has 0 atom stereocenters. The highest BCUT2D eigenvalue weighted by Gasteiger charge is 2.34. The second-order valence-electron chi connectivity index (χ2n) is 3.95. The molecular weight excluding hydrogens is 268 g/mol. The first-order valence-corrected chi connectivity index (χ1v) is 5.55. The van der Waals surface area contributed by atoms with Crippen molar-refractivity contribution in [1.29, 1.82) is 0 Å². The number of hydrogen-bond donors (Lipinski definition) is 2. The fraction of sp³-hybridized carbons (Fsp3) is 0.364. The number of rotatable bonds is 2. The minimum atomic E-state index is -4.73. The second kappa shape index (κ2) is 5.51. The number of thiocarbonyl (C=S) groups is 1. The van der Waals surface area contributed by atoms with Crippen LogP contribution in [-0.4, -0.2) is 11.2 Å². The molecule has 2 nitrogen and oxygen atoms in total. The summed E-state index contributed by atoms with van der Waals surface area (Å²) in [6.07, 6.45) is -4.73. The van der Waals surface area contributed by atoms with Crippen LogP contribution in [0.5, 0.6) is 0 Å². The van der Waals surface area contributed by atoms with Crippen LogP contribution in [0.3, 0.4) is 0 Å². The lowest BCUT2D eigenvalue weighted by molar-refractivity contribution is -0.139. The molecule has 0 aliphatic rings. The minimum absolute atomic E-state index is 0.0486. The van der Waals surface area contributed by atoms with Gasteiger partial charge in [-0.1, -0.05) is 0 Å². The Bertz CT molecular complexity index is 443. The average Bonchev–Trinajstić information content (AvgIpc) is 2.17. The third kappa shape index (κ3) is 4.14. The van der Waals surface area contributed by atoms with Crippen molar-refractivity contribution in [3.63, 3.8) is 0 Å². The van der Waals surface area contributed by atoms with Crippen LogP contribution in [0.1, 0.15) is 19.4 Å². The van der Waals surface area contributed by atoms with Gasteiger partial charge < -0.3 is 10.6 Å². The van der Waals surface area contributed by atoms with Crippen molar-refractivity contribution in [3.8, 4) is 0 Å². The molecule has 0 aliphatic carbocycles. The minimum Gasteiger partial charge on any atom is -0.360 e. The van der Waals surface area contributed by atoms with E-state index in [0.29, 0.717) is 6.07 Å². The Kier molecular flexibility index (Phi) is 4.50. The van der Waals surface area contributed by atoms with Crippen molar-refractivity contribution in [1.82, 2.24) is 5.32 Å². The summed E-state index contributed by atoms with van der Waals surface area (Å²) >= 11 is 4.88. The second-order valence-corrected chi connectivity index (χ2v) is 4.35. The van der Waals surface area contributed by atoms with E-state index in [1.54, 1.807) is 0 Å². The lowest BCUT2D eigenvalue weighted by Crippen LogP contribution is -2.34. The number of halogens is 4. The predicted octanol–water partition coefficient (Wildman–Crippen LogP) is 3.54. The van der Waals surface area contributed by atoms with E-state index in [1.807, 2.05) is 13.8 Å². The molecule has 0 amide bonds. The summed E-state index contributed by atoms with van der Waals surface area (Å²) in [6, 6.07) is 2.68. The van der Waals surface area contributed by atoms with Crippen molar-refractivity contribution in [2.75, 3.05) is 5.32 Å². The largest absolute Gasteiger partial charge is 0.419 e. The van der Waals surface area contributed by atoms with Crippen LogP contribution in [0.4, 0.5) is 23.2 Å². The monoisotopic (exact) mass is 280 g/mol. The molecule has 0 bridgehead atoms. The molecule has 7 heteroatoms. The van der Waals surface area contributed by atoms with Gasteiger partial charge in [-0.25, -0.2) is 4.39 Å². The van der Waals surface area contributed by atoms with Crippen molar-refractivity contribution < 1.29 is 17.6 Å². The highest BCUT2D eigenvalue weighted by atomic mass is 32.1. The van der Waals surface area contributed by atoms with Gasteiger partial charge in [-0.3, -0.25) is 0 Å². The van der Waals surface area contributed by atoms with Gasteiger partial charge in [-0.15, -0.1) is 0 Å². The normalized spacial score (nSPS) is 11.5. The third-order valence-electron chi connectivity index (χ3n) is 1.95. The Balaban J connectivity index is 2.89. The maximum atomic E-state index is 13.0. The smallest absolute Gasteiger partial charge is 0.360 e. The van der Waals surface area contributed by atoms with Crippen molar-refractivity contribution in [2.24, 2.45) is 0 Å². The van der Waals surface area contributed by atoms with Crippen LogP contribution in [0.15, 0.2) is 18.2 Å². The molecule has 1 aromatic carbocycles. The Morgan fingerprint density at radius 2 is 1.89 bits per heavy atom. The summed E-state index contributed by atoms with van der Waals surface area (Å²) in [5.41, 5.74) is -1.23. The van der Waals surface area contributed by atoms with Gasteiger partial charge in [0.25, 0.3) is 0 Å². The molecule has 0 fully saturated rings. The molecule has 0 spiro atoms. The van der Waals surface area contributed by atoms with Crippen molar-refractivity contribution in [2.45, 2.75) is 26.1 Å². The third-order valence-corrected chi connectivity index (χ3v) is 2.17. The molecule has 1 aromatic rings. The molecule has 0 unspecified atom stereocenters. The summed E-state index contributed by atoms with van der Waals surface area (Å²) in [5.74, 6) is -1.31. The van der Waals surface area contributed by atoms with Crippen LogP contribution in [0.2, 0.25) is 0 Å². The van der Waals surface area contributed by atoms with E-state index >= 15 is 0 Å². The van der Waals surface area contributed by atoms with Gasteiger partial charge in [0.15, 0.2) is 5.11 Å². The highest BCUT2D eigenvalue weighted by molar-refractivity contribution is 7.80. The lowest BCUT2D eigenvalue weighted by Gasteiger charge is -2.15. The van der Waals surface area contributed by atoms with E-state index in [0.717, 1.165) is 6.07 Å². The lowest BCUT2D eigenvalue weighted by atomic mass is 10.2. The Hall–Kier alpha value is -1.37. The molecule has 0 aromatic heterocycles. The van der Waals surface area contributed by atoms with E-state index in [9.17, 15) is 17.6 Å².